The number of carbonyl (C=O) groups excluding carboxylic acids is 1. The third-order valence-corrected chi connectivity index (χ3v) is 3.64. The number of aryl methyl sites for hydroxylation is 1. The number of anilines is 1. The van der Waals surface area contributed by atoms with E-state index >= 15 is 0 Å². The number of pyridine rings is 1. The van der Waals surface area contributed by atoms with Crippen LogP contribution in [0.2, 0.25) is 5.02 Å². The minimum atomic E-state index is -0.214. The van der Waals surface area contributed by atoms with Crippen LogP contribution in [0.4, 0.5) is 5.82 Å². The summed E-state index contributed by atoms with van der Waals surface area (Å²) in [5.41, 5.74) is 1.44. The van der Waals surface area contributed by atoms with Crippen LogP contribution in [0, 0.1) is 6.92 Å². The predicted molar refractivity (Wildman–Crippen MR) is 76.1 cm³/mol. The molecule has 2 aromatic rings. The Bertz CT molecular complexity index is 601. The first-order chi connectivity index (χ1) is 8.58. The minimum Gasteiger partial charge on any atom is -0.306 e. The van der Waals surface area contributed by atoms with Gasteiger partial charge in [0.25, 0.3) is 5.91 Å². The average Bonchev–Trinajstić information content (AvgIpc) is 2.35. The second-order valence-corrected chi connectivity index (χ2v) is 5.01. The molecular formula is C13H10BrClN2O. The zero-order valence-corrected chi connectivity index (χ0v) is 11.9. The molecule has 92 valence electrons. The van der Waals surface area contributed by atoms with Gasteiger partial charge in [0, 0.05) is 16.2 Å². The van der Waals surface area contributed by atoms with Gasteiger partial charge in [-0.1, -0.05) is 17.7 Å². The maximum atomic E-state index is 12.0. The Morgan fingerprint density at radius 1 is 1.39 bits per heavy atom. The lowest BCUT2D eigenvalue weighted by Crippen LogP contribution is -2.13. The van der Waals surface area contributed by atoms with E-state index in [-0.39, 0.29) is 5.91 Å². The summed E-state index contributed by atoms with van der Waals surface area (Å²) in [6, 6.07) is 8.73. The molecule has 0 bridgehead atoms. The number of aromatic nitrogens is 1. The van der Waals surface area contributed by atoms with Crippen LogP contribution < -0.4 is 5.32 Å². The summed E-state index contributed by atoms with van der Waals surface area (Å²) >= 11 is 9.17. The summed E-state index contributed by atoms with van der Waals surface area (Å²) in [5.74, 6) is 0.350. The molecule has 2 rings (SSSR count). The highest BCUT2D eigenvalue weighted by atomic mass is 79.9. The Balaban J connectivity index is 2.22. The number of benzene rings is 1. The van der Waals surface area contributed by atoms with Crippen molar-refractivity contribution < 1.29 is 4.79 Å². The SMILES string of the molecule is Cc1cccnc1NC(=O)c1ccc(Cl)c(Br)c1. The zero-order valence-electron chi connectivity index (χ0n) is 9.58. The van der Waals surface area contributed by atoms with Gasteiger partial charge in [-0.25, -0.2) is 4.98 Å². The summed E-state index contributed by atoms with van der Waals surface area (Å²) in [6.45, 7) is 1.89. The lowest BCUT2D eigenvalue weighted by molar-refractivity contribution is 0.102. The van der Waals surface area contributed by atoms with Crippen LogP contribution in [0.15, 0.2) is 41.0 Å². The highest BCUT2D eigenvalue weighted by Gasteiger charge is 2.09. The Morgan fingerprint density at radius 2 is 2.17 bits per heavy atom. The molecule has 1 aromatic heterocycles. The molecule has 1 aromatic carbocycles. The van der Waals surface area contributed by atoms with Gasteiger partial charge in [-0.15, -0.1) is 0 Å². The van der Waals surface area contributed by atoms with Crippen molar-refractivity contribution in [3.05, 3.63) is 57.2 Å². The molecule has 18 heavy (non-hydrogen) atoms. The molecule has 1 amide bonds. The van der Waals surface area contributed by atoms with Gasteiger partial charge in [0.15, 0.2) is 0 Å². The van der Waals surface area contributed by atoms with Crippen LogP contribution in [0.3, 0.4) is 0 Å². The largest absolute Gasteiger partial charge is 0.306 e. The van der Waals surface area contributed by atoms with Gasteiger partial charge in [-0.2, -0.15) is 0 Å². The lowest BCUT2D eigenvalue weighted by Gasteiger charge is -2.07. The number of nitrogens with zero attached hydrogens (tertiary/aromatic N) is 1. The molecule has 0 radical (unpaired) electrons. The van der Waals surface area contributed by atoms with Crippen LogP contribution in [0.1, 0.15) is 15.9 Å². The quantitative estimate of drug-likeness (QED) is 0.905. The maximum Gasteiger partial charge on any atom is 0.256 e. The van der Waals surface area contributed by atoms with Crippen molar-refractivity contribution in [1.82, 2.24) is 4.98 Å². The van der Waals surface area contributed by atoms with Gasteiger partial charge in [0.05, 0.1) is 5.02 Å². The molecule has 0 saturated carbocycles. The number of rotatable bonds is 2. The van der Waals surface area contributed by atoms with Crippen molar-refractivity contribution in [3.63, 3.8) is 0 Å². The van der Waals surface area contributed by atoms with Gasteiger partial charge in [-0.05, 0) is 52.7 Å². The highest BCUT2D eigenvalue weighted by Crippen LogP contribution is 2.23. The number of carbonyl (C=O) groups is 1. The fourth-order valence-corrected chi connectivity index (χ4v) is 1.93. The van der Waals surface area contributed by atoms with E-state index in [1.54, 1.807) is 24.4 Å². The molecule has 0 aliphatic carbocycles. The molecule has 0 saturated heterocycles. The summed E-state index contributed by atoms with van der Waals surface area (Å²) in [4.78, 5) is 16.1. The second kappa shape index (κ2) is 5.50. The van der Waals surface area contributed by atoms with E-state index in [0.717, 1.165) is 5.56 Å². The highest BCUT2D eigenvalue weighted by molar-refractivity contribution is 9.10. The van der Waals surface area contributed by atoms with Gasteiger partial charge in [0.2, 0.25) is 0 Å². The number of hydrogen-bond acceptors (Lipinski definition) is 2. The van der Waals surface area contributed by atoms with Crippen molar-refractivity contribution >= 4 is 39.3 Å². The van der Waals surface area contributed by atoms with Crippen LogP contribution in [-0.2, 0) is 0 Å². The smallest absolute Gasteiger partial charge is 0.256 e. The summed E-state index contributed by atoms with van der Waals surface area (Å²) in [5, 5.41) is 3.33. The first kappa shape index (κ1) is 13.1. The van der Waals surface area contributed by atoms with E-state index in [1.165, 1.54) is 0 Å². The van der Waals surface area contributed by atoms with Gasteiger partial charge < -0.3 is 5.32 Å². The maximum absolute atomic E-state index is 12.0. The van der Waals surface area contributed by atoms with E-state index < -0.39 is 0 Å². The zero-order chi connectivity index (χ0) is 13.1. The molecular weight excluding hydrogens is 316 g/mol. The third-order valence-electron chi connectivity index (χ3n) is 2.42. The Morgan fingerprint density at radius 3 is 2.83 bits per heavy atom. The van der Waals surface area contributed by atoms with Crippen molar-refractivity contribution in [1.29, 1.82) is 0 Å². The van der Waals surface area contributed by atoms with Gasteiger partial charge in [-0.3, -0.25) is 4.79 Å². The Kier molecular flexibility index (Phi) is 3.99. The number of hydrogen-bond donors (Lipinski definition) is 1. The summed E-state index contributed by atoms with van der Waals surface area (Å²) in [7, 11) is 0. The van der Waals surface area contributed by atoms with Crippen LogP contribution >= 0.6 is 27.5 Å². The third kappa shape index (κ3) is 2.89. The number of nitrogens with one attached hydrogen (secondary N) is 1. The molecule has 0 fully saturated rings. The molecule has 0 spiro atoms. The van der Waals surface area contributed by atoms with Crippen molar-refractivity contribution in [3.8, 4) is 0 Å². The number of amides is 1. The molecule has 0 aliphatic heterocycles. The predicted octanol–water partition coefficient (Wildman–Crippen LogP) is 4.06. The Labute approximate surface area is 118 Å². The van der Waals surface area contributed by atoms with Crippen molar-refractivity contribution in [2.24, 2.45) is 0 Å². The first-order valence-corrected chi connectivity index (χ1v) is 6.43. The fourth-order valence-electron chi connectivity index (χ4n) is 1.43. The van der Waals surface area contributed by atoms with Crippen molar-refractivity contribution in [2.75, 3.05) is 5.32 Å². The number of halogens is 2. The van der Waals surface area contributed by atoms with E-state index in [0.29, 0.717) is 20.9 Å². The summed E-state index contributed by atoms with van der Waals surface area (Å²) in [6.07, 6.45) is 1.64. The lowest BCUT2D eigenvalue weighted by atomic mass is 10.2. The van der Waals surface area contributed by atoms with Crippen LogP contribution in [0.5, 0.6) is 0 Å². The van der Waals surface area contributed by atoms with E-state index in [4.69, 9.17) is 11.6 Å². The molecule has 0 aliphatic rings. The first-order valence-electron chi connectivity index (χ1n) is 5.26. The molecule has 1 N–H and O–H groups in total. The van der Waals surface area contributed by atoms with E-state index in [2.05, 4.69) is 26.2 Å². The van der Waals surface area contributed by atoms with Crippen LogP contribution in [0.25, 0.3) is 0 Å². The van der Waals surface area contributed by atoms with E-state index in [1.807, 2.05) is 19.1 Å². The molecule has 3 nitrogen and oxygen atoms in total. The average molecular weight is 326 g/mol. The van der Waals surface area contributed by atoms with Gasteiger partial charge >= 0.3 is 0 Å². The topological polar surface area (TPSA) is 42.0 Å². The fraction of sp³-hybridized carbons (Fsp3) is 0.0769. The molecule has 0 atom stereocenters. The standard InChI is InChI=1S/C13H10BrClN2O/c1-8-3-2-6-16-12(8)17-13(18)9-4-5-11(15)10(14)7-9/h2-7H,1H3,(H,16,17,18). The van der Waals surface area contributed by atoms with Crippen molar-refractivity contribution in [2.45, 2.75) is 6.92 Å². The van der Waals surface area contributed by atoms with E-state index in [9.17, 15) is 4.79 Å². The summed E-state index contributed by atoms with van der Waals surface area (Å²) < 4.78 is 0.689. The molecule has 0 unspecified atom stereocenters. The monoisotopic (exact) mass is 324 g/mol. The van der Waals surface area contributed by atoms with Crippen LogP contribution in [-0.4, -0.2) is 10.9 Å². The molecule has 1 heterocycles. The second-order valence-electron chi connectivity index (χ2n) is 3.75. The normalized spacial score (nSPS) is 10.2. The molecule has 5 heteroatoms. The Hall–Kier alpha value is -1.39. The minimum absolute atomic E-state index is 0.214. The van der Waals surface area contributed by atoms with Gasteiger partial charge in [0.1, 0.15) is 5.82 Å².